The molecule has 19 heteroatoms. The molecule has 0 fully saturated rings. The van der Waals surface area contributed by atoms with Crippen molar-refractivity contribution in [2.24, 2.45) is 0 Å². The molecule has 0 amide bonds. The van der Waals surface area contributed by atoms with Gasteiger partial charge in [0, 0.05) is 12.4 Å². The van der Waals surface area contributed by atoms with Crippen LogP contribution in [0, 0.1) is 0 Å². The zero-order chi connectivity index (χ0) is 29.0. The summed E-state index contributed by atoms with van der Waals surface area (Å²) in [6, 6.07) is 8.46. The van der Waals surface area contributed by atoms with Gasteiger partial charge in [0.25, 0.3) is 0 Å². The molecule has 0 saturated heterocycles. The molecule has 230 valence electrons. The maximum Gasteiger partial charge on any atom is 2.00 e. The third kappa shape index (κ3) is 15.6. The summed E-state index contributed by atoms with van der Waals surface area (Å²) in [5.41, 5.74) is -6.58. The van der Waals surface area contributed by atoms with Gasteiger partial charge in [-0.1, -0.05) is 41.5 Å². The summed E-state index contributed by atoms with van der Waals surface area (Å²) in [6.45, 7) is 13.3. The smallest absolute Gasteiger partial charge is 0.741 e. The van der Waals surface area contributed by atoms with E-state index >= 15 is 0 Å². The monoisotopic (exact) mass is 799 g/mol. The SMILES string of the molecule is CC(C)(C)c1ccnc(-c2cc(C(C)(C)C)ccn2)c1.O=S(=O)([O-])C(F)(F)F.O=S(=O)([O-])C(F)(F)F.[OH3+].[OH3+].[Pt+2]. The summed E-state index contributed by atoms with van der Waals surface area (Å²) >= 11 is 0. The van der Waals surface area contributed by atoms with Gasteiger partial charge < -0.3 is 20.1 Å². The van der Waals surface area contributed by atoms with Crippen LogP contribution in [0.5, 0.6) is 0 Å². The third-order valence-corrected chi connectivity index (χ3v) is 5.22. The zero-order valence-corrected chi connectivity index (χ0v) is 25.3. The summed E-state index contributed by atoms with van der Waals surface area (Å²) in [5.74, 6) is 0. The number of halogens is 6. The van der Waals surface area contributed by atoms with E-state index in [-0.39, 0.29) is 42.8 Å². The van der Waals surface area contributed by atoms with Gasteiger partial charge in [-0.05, 0) is 46.2 Å². The topological polar surface area (TPSA) is 206 Å². The Hall–Kier alpha value is -1.69. The average molecular weight is 800 g/mol. The van der Waals surface area contributed by atoms with E-state index < -0.39 is 31.3 Å². The van der Waals surface area contributed by atoms with Gasteiger partial charge in [0.15, 0.2) is 20.2 Å². The van der Waals surface area contributed by atoms with Gasteiger partial charge in [0.05, 0.1) is 11.4 Å². The van der Waals surface area contributed by atoms with Crippen LogP contribution in [0.2, 0.25) is 0 Å². The number of hydrogen-bond donors (Lipinski definition) is 0. The van der Waals surface area contributed by atoms with Crippen LogP contribution in [0.4, 0.5) is 26.3 Å². The number of hydrogen-bond acceptors (Lipinski definition) is 8. The Kier molecular flexibility index (Phi) is 17.4. The molecule has 2 aromatic rings. The second-order valence-electron chi connectivity index (χ2n) is 9.16. The molecule has 0 aliphatic heterocycles. The first-order valence-corrected chi connectivity index (χ1v) is 12.5. The van der Waals surface area contributed by atoms with E-state index in [4.69, 9.17) is 25.9 Å². The van der Waals surface area contributed by atoms with Gasteiger partial charge in [-0.15, -0.1) is 0 Å². The molecule has 0 radical (unpaired) electrons. The summed E-state index contributed by atoms with van der Waals surface area (Å²) in [6.07, 6.45) is 3.75. The largest absolute Gasteiger partial charge is 2.00 e. The van der Waals surface area contributed by atoms with Crippen molar-refractivity contribution >= 4 is 20.2 Å². The van der Waals surface area contributed by atoms with Crippen LogP contribution in [0.1, 0.15) is 52.7 Å². The van der Waals surface area contributed by atoms with E-state index in [1.807, 2.05) is 12.4 Å². The van der Waals surface area contributed by atoms with Crippen LogP contribution < -0.4 is 0 Å². The fourth-order valence-corrected chi connectivity index (χ4v) is 2.07. The van der Waals surface area contributed by atoms with Gasteiger partial charge in [-0.3, -0.25) is 9.97 Å². The van der Waals surface area contributed by atoms with E-state index in [0.717, 1.165) is 11.4 Å². The molecule has 0 saturated carbocycles. The molecule has 39 heavy (non-hydrogen) atoms. The Morgan fingerprint density at radius 2 is 0.821 bits per heavy atom. The molecular weight excluding hydrogens is 769 g/mol. The number of nitrogens with zero attached hydrogens (tertiary/aromatic N) is 2. The standard InChI is InChI=1S/C18H24N2.2CHF3O3S.2H2O.Pt/c1-17(2,3)13-7-9-19-15(11-13)16-12-14(8-10-20-16)18(4,5)6;2*2-1(3,4)8(5,6)7;;;/h7-12H,1-6H3;2*(H,5,6,7);2*1H2;/q;;;;;+2. The van der Waals surface area contributed by atoms with Crippen LogP contribution in [0.25, 0.3) is 11.4 Å². The van der Waals surface area contributed by atoms with Crippen LogP contribution in [-0.2, 0) is 63.1 Å². The molecule has 0 bridgehead atoms. The molecule has 10 nitrogen and oxygen atoms in total. The fourth-order valence-electron chi connectivity index (χ4n) is 2.07. The first kappa shape index (κ1) is 44.3. The first-order valence-electron chi connectivity index (χ1n) is 9.65. The average Bonchev–Trinajstić information content (AvgIpc) is 2.65. The van der Waals surface area contributed by atoms with Crippen LogP contribution in [-0.4, -0.2) is 46.9 Å². The molecule has 2 heterocycles. The Morgan fingerprint density at radius 1 is 0.615 bits per heavy atom. The Labute approximate surface area is 236 Å². The van der Waals surface area contributed by atoms with Crippen molar-refractivity contribution in [2.45, 2.75) is 63.4 Å². The third-order valence-electron chi connectivity index (χ3n) is 4.08. The van der Waals surface area contributed by atoms with E-state index in [2.05, 4.69) is 75.8 Å². The molecule has 0 unspecified atom stereocenters. The Morgan fingerprint density at radius 3 is 0.974 bits per heavy atom. The van der Waals surface area contributed by atoms with E-state index in [9.17, 15) is 26.3 Å². The van der Waals surface area contributed by atoms with Crippen LogP contribution >= 0.6 is 0 Å². The summed E-state index contributed by atoms with van der Waals surface area (Å²) in [5, 5.41) is 0. The number of aromatic nitrogens is 2. The molecule has 0 aromatic carbocycles. The predicted molar refractivity (Wildman–Crippen MR) is 126 cm³/mol. The maximum absolute atomic E-state index is 10.7. The molecule has 0 atom stereocenters. The van der Waals surface area contributed by atoms with Crippen molar-refractivity contribution in [3.8, 4) is 11.4 Å². The molecule has 6 N–H and O–H groups in total. The minimum atomic E-state index is -6.09. The van der Waals surface area contributed by atoms with Crippen molar-refractivity contribution < 1.29 is 84.3 Å². The second-order valence-corrected chi connectivity index (χ2v) is 11.9. The molecule has 0 spiro atoms. The number of rotatable bonds is 1. The normalized spacial score (nSPS) is 12.2. The van der Waals surface area contributed by atoms with Gasteiger partial charge in [0.1, 0.15) is 0 Å². The minimum Gasteiger partial charge on any atom is -0.741 e. The predicted octanol–water partition coefficient (Wildman–Crippen LogP) is 3.00. The van der Waals surface area contributed by atoms with Crippen molar-refractivity contribution in [1.82, 2.24) is 9.97 Å². The van der Waals surface area contributed by atoms with Gasteiger partial charge in [-0.25, -0.2) is 16.8 Å². The van der Waals surface area contributed by atoms with Crippen molar-refractivity contribution in [2.75, 3.05) is 0 Å². The molecule has 0 aliphatic rings. The van der Waals surface area contributed by atoms with E-state index in [0.29, 0.717) is 0 Å². The zero-order valence-electron chi connectivity index (χ0n) is 21.4. The van der Waals surface area contributed by atoms with E-state index in [1.165, 1.54) is 11.1 Å². The van der Waals surface area contributed by atoms with Gasteiger partial charge in [0.2, 0.25) is 0 Å². The van der Waals surface area contributed by atoms with Gasteiger partial charge >= 0.3 is 32.1 Å². The van der Waals surface area contributed by atoms with Gasteiger partial charge in [-0.2, -0.15) is 26.3 Å². The Balaban J connectivity index is -0.000000272. The maximum atomic E-state index is 10.7. The molecule has 0 aliphatic carbocycles. The number of alkyl halides is 6. The molecule has 2 aromatic heterocycles. The quantitative estimate of drug-likeness (QED) is 0.181. The molecule has 2 rings (SSSR count). The first-order chi connectivity index (χ1) is 15.7. The number of pyridine rings is 2. The second kappa shape index (κ2) is 15.3. The van der Waals surface area contributed by atoms with Crippen molar-refractivity contribution in [3.05, 3.63) is 47.8 Å². The summed E-state index contributed by atoms with van der Waals surface area (Å²) in [7, 11) is -12.2. The van der Waals surface area contributed by atoms with Crippen LogP contribution in [0.15, 0.2) is 36.7 Å². The Bertz CT molecular complexity index is 1140. The van der Waals surface area contributed by atoms with E-state index in [1.54, 1.807) is 0 Å². The van der Waals surface area contributed by atoms with Crippen molar-refractivity contribution in [1.29, 1.82) is 0 Å². The summed E-state index contributed by atoms with van der Waals surface area (Å²) < 4.78 is 118. The van der Waals surface area contributed by atoms with Crippen LogP contribution in [0.3, 0.4) is 0 Å². The summed E-state index contributed by atoms with van der Waals surface area (Å²) in [4.78, 5) is 8.97. The minimum absolute atomic E-state index is 0. The fraction of sp³-hybridized carbons (Fsp3) is 0.500. The van der Waals surface area contributed by atoms with Crippen molar-refractivity contribution in [3.63, 3.8) is 0 Å². The molecular formula is C20H30F6N2O8PtS2+2.